The zero-order valence-electron chi connectivity index (χ0n) is 12.3. The van der Waals surface area contributed by atoms with Gasteiger partial charge in [0.1, 0.15) is 0 Å². The second-order valence-electron chi connectivity index (χ2n) is 5.34. The molecule has 1 heterocycles. The molecule has 5 nitrogen and oxygen atoms in total. The normalized spacial score (nSPS) is 16.8. The average Bonchev–Trinajstić information content (AvgIpc) is 2.54. The number of rotatable bonds is 6. The summed E-state index contributed by atoms with van der Waals surface area (Å²) < 4.78 is 31.0. The number of hydrogen-bond donors (Lipinski definition) is 2. The van der Waals surface area contributed by atoms with Gasteiger partial charge in [0.25, 0.3) is 0 Å². The standard InChI is InChI=1S/C15H17F2NO4S/c16-11-2-1-10(7-12(11)17)23-8-13(19)18-9-15(14(20)21)3-5-22-6-4-15/h1-2,7H,3-6,8-9H2,(H,18,19)(H,20,21). The molecular formula is C15H17F2NO4S. The highest BCUT2D eigenvalue weighted by atomic mass is 32.2. The summed E-state index contributed by atoms with van der Waals surface area (Å²) in [5.74, 6) is -3.22. The lowest BCUT2D eigenvalue weighted by Crippen LogP contribution is -2.46. The quantitative estimate of drug-likeness (QED) is 0.772. The van der Waals surface area contributed by atoms with Crippen molar-refractivity contribution in [2.24, 2.45) is 5.41 Å². The number of carbonyl (C=O) groups is 2. The first-order valence-corrected chi connectivity index (χ1v) is 8.07. The number of aliphatic carboxylic acids is 1. The summed E-state index contributed by atoms with van der Waals surface area (Å²) in [6.45, 7) is 0.737. The Morgan fingerprint density at radius 3 is 2.57 bits per heavy atom. The predicted octanol–water partition coefficient (Wildman–Crippen LogP) is 2.05. The van der Waals surface area contributed by atoms with Crippen molar-refractivity contribution < 1.29 is 28.2 Å². The molecule has 2 N–H and O–H groups in total. The van der Waals surface area contributed by atoms with E-state index in [1.165, 1.54) is 6.07 Å². The Morgan fingerprint density at radius 2 is 1.96 bits per heavy atom. The molecule has 2 rings (SSSR count). The summed E-state index contributed by atoms with van der Waals surface area (Å²) in [6.07, 6.45) is 0.692. The van der Waals surface area contributed by atoms with Crippen LogP contribution >= 0.6 is 11.8 Å². The minimum absolute atomic E-state index is 0.00271. The molecule has 1 aliphatic heterocycles. The molecule has 1 aromatic rings. The molecule has 0 saturated carbocycles. The first-order valence-electron chi connectivity index (χ1n) is 7.09. The van der Waals surface area contributed by atoms with Gasteiger partial charge >= 0.3 is 5.97 Å². The number of halogens is 2. The topological polar surface area (TPSA) is 75.6 Å². The van der Waals surface area contributed by atoms with Gasteiger partial charge in [-0.05, 0) is 31.0 Å². The molecule has 126 valence electrons. The number of carbonyl (C=O) groups excluding carboxylic acids is 1. The van der Waals surface area contributed by atoms with Crippen LogP contribution in [0.25, 0.3) is 0 Å². The lowest BCUT2D eigenvalue weighted by atomic mass is 9.80. The molecular weight excluding hydrogens is 328 g/mol. The fourth-order valence-electron chi connectivity index (χ4n) is 2.26. The van der Waals surface area contributed by atoms with Crippen LogP contribution in [-0.4, -0.2) is 42.5 Å². The summed E-state index contributed by atoms with van der Waals surface area (Å²) >= 11 is 1.05. The second kappa shape index (κ2) is 7.74. The fraction of sp³-hybridized carbons (Fsp3) is 0.467. The molecule has 0 aromatic heterocycles. The van der Waals surface area contributed by atoms with Gasteiger partial charge in [-0.25, -0.2) is 8.78 Å². The highest BCUT2D eigenvalue weighted by molar-refractivity contribution is 8.00. The largest absolute Gasteiger partial charge is 0.481 e. The zero-order chi connectivity index (χ0) is 16.9. The maximum Gasteiger partial charge on any atom is 0.311 e. The number of thioether (sulfide) groups is 1. The van der Waals surface area contributed by atoms with E-state index in [2.05, 4.69) is 5.32 Å². The summed E-state index contributed by atoms with van der Waals surface area (Å²) in [6, 6.07) is 3.40. The van der Waals surface area contributed by atoms with E-state index in [1.807, 2.05) is 0 Å². The summed E-state index contributed by atoms with van der Waals surface area (Å²) in [5, 5.41) is 12.0. The Balaban J connectivity index is 1.84. The van der Waals surface area contributed by atoms with Crippen LogP contribution in [0.2, 0.25) is 0 Å². The first-order chi connectivity index (χ1) is 10.9. The Hall–Kier alpha value is -1.67. The van der Waals surface area contributed by atoms with Crippen LogP contribution in [0.5, 0.6) is 0 Å². The average molecular weight is 345 g/mol. The molecule has 0 bridgehead atoms. The summed E-state index contributed by atoms with van der Waals surface area (Å²) in [5.41, 5.74) is -0.999. The minimum Gasteiger partial charge on any atom is -0.481 e. The number of nitrogens with one attached hydrogen (secondary N) is 1. The zero-order valence-corrected chi connectivity index (χ0v) is 13.1. The summed E-state index contributed by atoms with van der Waals surface area (Å²) in [7, 11) is 0. The van der Waals surface area contributed by atoms with Crippen molar-refractivity contribution >= 4 is 23.6 Å². The maximum absolute atomic E-state index is 13.1. The Labute approximate surface area is 136 Å². The highest BCUT2D eigenvalue weighted by Gasteiger charge is 2.40. The van der Waals surface area contributed by atoms with Crippen LogP contribution in [0.1, 0.15) is 12.8 Å². The van der Waals surface area contributed by atoms with Crippen molar-refractivity contribution in [3.8, 4) is 0 Å². The van der Waals surface area contributed by atoms with Gasteiger partial charge < -0.3 is 15.2 Å². The van der Waals surface area contributed by atoms with E-state index in [0.717, 1.165) is 23.9 Å². The van der Waals surface area contributed by atoms with Crippen LogP contribution in [0.15, 0.2) is 23.1 Å². The number of amides is 1. The maximum atomic E-state index is 13.1. The molecule has 1 amide bonds. The van der Waals surface area contributed by atoms with Crippen LogP contribution in [0, 0.1) is 17.0 Å². The Bertz CT molecular complexity index is 591. The van der Waals surface area contributed by atoms with Gasteiger partial charge in [-0.1, -0.05) is 0 Å². The lowest BCUT2D eigenvalue weighted by Gasteiger charge is -2.33. The van der Waals surface area contributed by atoms with Crippen molar-refractivity contribution in [2.45, 2.75) is 17.7 Å². The molecule has 1 aliphatic rings. The molecule has 1 aromatic carbocycles. The van der Waals surface area contributed by atoms with Gasteiger partial charge in [-0.2, -0.15) is 0 Å². The monoisotopic (exact) mass is 345 g/mol. The lowest BCUT2D eigenvalue weighted by molar-refractivity contribution is -0.154. The molecule has 0 aliphatic carbocycles. The van der Waals surface area contributed by atoms with E-state index >= 15 is 0 Å². The van der Waals surface area contributed by atoms with E-state index in [-0.39, 0.29) is 18.2 Å². The van der Waals surface area contributed by atoms with Crippen molar-refractivity contribution in [2.75, 3.05) is 25.5 Å². The van der Waals surface area contributed by atoms with E-state index in [4.69, 9.17) is 4.74 Å². The van der Waals surface area contributed by atoms with Crippen molar-refractivity contribution in [1.29, 1.82) is 0 Å². The van der Waals surface area contributed by atoms with Gasteiger partial charge in [0.2, 0.25) is 5.91 Å². The third-order valence-corrected chi connectivity index (χ3v) is 4.78. The van der Waals surface area contributed by atoms with Crippen molar-refractivity contribution in [1.82, 2.24) is 5.32 Å². The first kappa shape index (κ1) is 17.7. The van der Waals surface area contributed by atoms with Crippen LogP contribution < -0.4 is 5.32 Å². The van der Waals surface area contributed by atoms with E-state index in [0.29, 0.717) is 31.0 Å². The molecule has 1 saturated heterocycles. The van der Waals surface area contributed by atoms with Crippen LogP contribution in [0.3, 0.4) is 0 Å². The molecule has 1 fully saturated rings. The number of carboxylic acids is 1. The third kappa shape index (κ3) is 4.65. The van der Waals surface area contributed by atoms with Crippen molar-refractivity contribution in [3.63, 3.8) is 0 Å². The molecule has 8 heteroatoms. The summed E-state index contributed by atoms with van der Waals surface area (Å²) in [4.78, 5) is 23.7. The fourth-order valence-corrected chi connectivity index (χ4v) is 3.01. The van der Waals surface area contributed by atoms with E-state index in [1.54, 1.807) is 0 Å². The van der Waals surface area contributed by atoms with Gasteiger partial charge in [-0.15, -0.1) is 11.8 Å². The third-order valence-electron chi connectivity index (χ3n) is 3.79. The molecule has 0 spiro atoms. The molecule has 23 heavy (non-hydrogen) atoms. The predicted molar refractivity (Wildman–Crippen MR) is 80.2 cm³/mol. The smallest absolute Gasteiger partial charge is 0.311 e. The molecule has 0 unspecified atom stereocenters. The number of hydrogen-bond acceptors (Lipinski definition) is 4. The van der Waals surface area contributed by atoms with Crippen molar-refractivity contribution in [3.05, 3.63) is 29.8 Å². The van der Waals surface area contributed by atoms with E-state index in [9.17, 15) is 23.5 Å². The van der Waals surface area contributed by atoms with Gasteiger partial charge in [-0.3, -0.25) is 9.59 Å². The van der Waals surface area contributed by atoms with Crippen LogP contribution in [-0.2, 0) is 14.3 Å². The minimum atomic E-state index is -0.999. The number of carboxylic acid groups (broad SMARTS) is 1. The second-order valence-corrected chi connectivity index (χ2v) is 6.39. The molecule has 0 atom stereocenters. The molecule has 0 radical (unpaired) electrons. The SMILES string of the molecule is O=C(CSc1ccc(F)c(F)c1)NCC1(C(=O)O)CCOCC1. The highest BCUT2D eigenvalue weighted by Crippen LogP contribution is 2.30. The van der Waals surface area contributed by atoms with Gasteiger partial charge in [0.15, 0.2) is 11.6 Å². The Kier molecular flexibility index (Phi) is 5.95. The van der Waals surface area contributed by atoms with Gasteiger partial charge in [0, 0.05) is 24.7 Å². The van der Waals surface area contributed by atoms with E-state index < -0.39 is 23.0 Å². The number of benzene rings is 1. The number of ether oxygens (including phenoxy) is 1. The van der Waals surface area contributed by atoms with Gasteiger partial charge in [0.05, 0.1) is 11.2 Å². The van der Waals surface area contributed by atoms with Crippen LogP contribution in [0.4, 0.5) is 8.78 Å². The Morgan fingerprint density at radius 1 is 1.26 bits per heavy atom.